The Labute approximate surface area is 77.9 Å². The third-order valence-electron chi connectivity index (χ3n) is 1.43. The van der Waals surface area contributed by atoms with Gasteiger partial charge in [0.05, 0.1) is 4.83 Å². The summed E-state index contributed by atoms with van der Waals surface area (Å²) in [6.07, 6.45) is 1.42. The van der Waals surface area contributed by atoms with Crippen molar-refractivity contribution in [2.24, 2.45) is 0 Å². The fourth-order valence-corrected chi connectivity index (χ4v) is 1.06. The number of ketones is 1. The van der Waals surface area contributed by atoms with Crippen molar-refractivity contribution in [3.8, 4) is 0 Å². The highest BCUT2D eigenvalue weighted by Gasteiger charge is 2.10. The Morgan fingerprint density at radius 3 is 2.67 bits per heavy atom. The van der Waals surface area contributed by atoms with Gasteiger partial charge in [0.2, 0.25) is 5.56 Å². The highest BCUT2D eigenvalue weighted by Crippen LogP contribution is 2.06. The van der Waals surface area contributed by atoms with Crippen molar-refractivity contribution in [1.82, 2.24) is 4.98 Å². The van der Waals surface area contributed by atoms with Crippen LogP contribution in [0, 0.1) is 0 Å². The number of aromatic nitrogens is 1. The van der Waals surface area contributed by atoms with Gasteiger partial charge in [0.25, 0.3) is 0 Å². The number of rotatable bonds is 2. The van der Waals surface area contributed by atoms with Gasteiger partial charge < -0.3 is 4.98 Å². The minimum absolute atomic E-state index is 0.0359. The number of nitrogens with one attached hydrogen (secondary N) is 1. The quantitative estimate of drug-likeness (QED) is 0.615. The second-order valence-electron chi connectivity index (χ2n) is 2.42. The van der Waals surface area contributed by atoms with E-state index >= 15 is 0 Å². The number of carbonyl (C=O) groups is 1. The van der Waals surface area contributed by atoms with Gasteiger partial charge in [0, 0.05) is 17.8 Å². The molecule has 0 fully saturated rings. The van der Waals surface area contributed by atoms with E-state index in [-0.39, 0.29) is 16.2 Å². The number of hydrogen-bond acceptors (Lipinski definition) is 2. The summed E-state index contributed by atoms with van der Waals surface area (Å²) in [6.45, 7) is 1.74. The van der Waals surface area contributed by atoms with Crippen LogP contribution in [-0.4, -0.2) is 15.6 Å². The zero-order valence-electron chi connectivity index (χ0n) is 6.50. The maximum absolute atomic E-state index is 11.3. The number of H-pyrrole nitrogens is 1. The van der Waals surface area contributed by atoms with Crippen LogP contribution in [0.1, 0.15) is 17.3 Å². The smallest absolute Gasteiger partial charge is 0.247 e. The molecule has 4 heteroatoms. The first-order valence-electron chi connectivity index (χ1n) is 3.48. The number of halogens is 1. The molecule has 1 unspecified atom stereocenters. The van der Waals surface area contributed by atoms with Gasteiger partial charge in [-0.3, -0.25) is 9.59 Å². The van der Waals surface area contributed by atoms with Gasteiger partial charge in [-0.1, -0.05) is 15.9 Å². The molecule has 0 aromatic carbocycles. The monoisotopic (exact) mass is 229 g/mol. The number of pyridine rings is 1. The van der Waals surface area contributed by atoms with Crippen LogP contribution in [-0.2, 0) is 0 Å². The van der Waals surface area contributed by atoms with E-state index in [4.69, 9.17) is 0 Å². The molecule has 0 spiro atoms. The van der Waals surface area contributed by atoms with Gasteiger partial charge in [-0.2, -0.15) is 0 Å². The highest BCUT2D eigenvalue weighted by molar-refractivity contribution is 9.10. The van der Waals surface area contributed by atoms with E-state index in [1.807, 2.05) is 0 Å². The number of alkyl halides is 1. The Morgan fingerprint density at radius 1 is 1.58 bits per heavy atom. The molecule has 0 aliphatic rings. The summed E-state index contributed by atoms with van der Waals surface area (Å²) in [5.41, 5.74) is 0.313. The molecule has 1 N–H and O–H groups in total. The summed E-state index contributed by atoms with van der Waals surface area (Å²) < 4.78 is 0. The lowest BCUT2D eigenvalue weighted by Crippen LogP contribution is -2.12. The van der Waals surface area contributed by atoms with Crippen LogP contribution < -0.4 is 5.56 Å². The van der Waals surface area contributed by atoms with E-state index in [0.717, 1.165) is 0 Å². The predicted octanol–water partition coefficient (Wildman–Crippen LogP) is 1.34. The molecule has 1 rings (SSSR count). The van der Waals surface area contributed by atoms with Crippen LogP contribution in [0.15, 0.2) is 23.1 Å². The van der Waals surface area contributed by atoms with Gasteiger partial charge in [0.15, 0.2) is 5.78 Å². The van der Waals surface area contributed by atoms with Crippen molar-refractivity contribution >= 4 is 21.7 Å². The lowest BCUT2D eigenvalue weighted by Gasteiger charge is -2.00. The second-order valence-corrected chi connectivity index (χ2v) is 3.80. The molecule has 0 saturated carbocycles. The topological polar surface area (TPSA) is 49.9 Å². The minimum Gasteiger partial charge on any atom is -0.328 e. The number of Topliss-reactive ketones (excluding diaryl/α,β-unsaturated/α-hetero) is 1. The summed E-state index contributed by atoms with van der Waals surface area (Å²) >= 11 is 3.15. The first kappa shape index (κ1) is 9.19. The minimum atomic E-state index is -0.219. The van der Waals surface area contributed by atoms with E-state index in [1.165, 1.54) is 18.3 Å². The second kappa shape index (κ2) is 3.67. The normalized spacial score (nSPS) is 12.5. The molecule has 0 aliphatic heterocycles. The Kier molecular flexibility index (Phi) is 2.81. The summed E-state index contributed by atoms with van der Waals surface area (Å²) in [4.78, 5) is 24.1. The summed E-state index contributed by atoms with van der Waals surface area (Å²) in [5, 5.41) is 0. The standard InChI is InChI=1S/C8H8BrNO2/c1-5(9)8(12)6-2-3-7(11)10-4-6/h2-5H,1H3,(H,10,11). The molecule has 0 aliphatic carbocycles. The first-order chi connectivity index (χ1) is 5.61. The maximum atomic E-state index is 11.3. The molecule has 0 saturated heterocycles. The zero-order valence-corrected chi connectivity index (χ0v) is 8.09. The number of carbonyl (C=O) groups excluding carboxylic acids is 1. The van der Waals surface area contributed by atoms with Crippen LogP contribution in [0.2, 0.25) is 0 Å². The zero-order chi connectivity index (χ0) is 9.14. The molecule has 1 aromatic heterocycles. The van der Waals surface area contributed by atoms with Crippen molar-refractivity contribution in [3.05, 3.63) is 34.2 Å². The van der Waals surface area contributed by atoms with Crippen molar-refractivity contribution in [2.45, 2.75) is 11.8 Å². The van der Waals surface area contributed by atoms with Gasteiger partial charge in [-0.15, -0.1) is 0 Å². The summed E-state index contributed by atoms with van der Waals surface area (Å²) in [6, 6.07) is 2.85. The van der Waals surface area contributed by atoms with E-state index in [0.29, 0.717) is 5.56 Å². The van der Waals surface area contributed by atoms with Crippen LogP contribution >= 0.6 is 15.9 Å². The summed E-state index contributed by atoms with van der Waals surface area (Å²) in [7, 11) is 0. The fraction of sp³-hybridized carbons (Fsp3) is 0.250. The third kappa shape index (κ3) is 2.04. The lowest BCUT2D eigenvalue weighted by molar-refractivity contribution is 0.0995. The van der Waals surface area contributed by atoms with E-state index in [1.54, 1.807) is 6.92 Å². The van der Waals surface area contributed by atoms with E-state index in [9.17, 15) is 9.59 Å². The molecular formula is C8H8BrNO2. The van der Waals surface area contributed by atoms with Crippen molar-refractivity contribution in [1.29, 1.82) is 0 Å². The van der Waals surface area contributed by atoms with Gasteiger partial charge in [-0.05, 0) is 13.0 Å². The average Bonchev–Trinajstić information content (AvgIpc) is 2.04. The average molecular weight is 230 g/mol. The number of hydrogen-bond donors (Lipinski definition) is 1. The molecule has 0 bridgehead atoms. The third-order valence-corrected chi connectivity index (χ3v) is 1.85. The fourth-order valence-electron chi connectivity index (χ4n) is 0.793. The Bertz CT molecular complexity index is 323. The number of aromatic amines is 1. The Hall–Kier alpha value is -0.900. The molecule has 3 nitrogen and oxygen atoms in total. The van der Waals surface area contributed by atoms with Crippen LogP contribution in [0.3, 0.4) is 0 Å². The predicted molar refractivity (Wildman–Crippen MR) is 49.8 cm³/mol. The molecule has 0 radical (unpaired) electrons. The van der Waals surface area contributed by atoms with Gasteiger partial charge >= 0.3 is 0 Å². The molecule has 0 amide bonds. The van der Waals surface area contributed by atoms with Gasteiger partial charge in [0.1, 0.15) is 0 Å². The van der Waals surface area contributed by atoms with Crippen molar-refractivity contribution in [3.63, 3.8) is 0 Å². The van der Waals surface area contributed by atoms with E-state index < -0.39 is 0 Å². The largest absolute Gasteiger partial charge is 0.328 e. The Morgan fingerprint density at radius 2 is 2.25 bits per heavy atom. The van der Waals surface area contributed by atoms with Crippen molar-refractivity contribution in [2.75, 3.05) is 0 Å². The maximum Gasteiger partial charge on any atom is 0.247 e. The molecule has 1 atom stereocenters. The molecule has 1 aromatic rings. The van der Waals surface area contributed by atoms with E-state index in [2.05, 4.69) is 20.9 Å². The first-order valence-corrected chi connectivity index (χ1v) is 4.40. The van der Waals surface area contributed by atoms with Crippen molar-refractivity contribution < 1.29 is 4.79 Å². The molecule has 64 valence electrons. The molecular weight excluding hydrogens is 222 g/mol. The van der Waals surface area contributed by atoms with Gasteiger partial charge in [-0.25, -0.2) is 0 Å². The Balaban J connectivity index is 2.98. The van der Waals surface area contributed by atoms with Crippen LogP contribution in [0.5, 0.6) is 0 Å². The molecule has 1 heterocycles. The molecule has 12 heavy (non-hydrogen) atoms. The SMILES string of the molecule is CC(Br)C(=O)c1ccc(=O)[nH]c1. The van der Waals surface area contributed by atoms with Crippen LogP contribution in [0.25, 0.3) is 0 Å². The van der Waals surface area contributed by atoms with Crippen LogP contribution in [0.4, 0.5) is 0 Å². The summed E-state index contributed by atoms with van der Waals surface area (Å²) in [5.74, 6) is -0.0359. The highest BCUT2D eigenvalue weighted by atomic mass is 79.9. The lowest BCUT2D eigenvalue weighted by atomic mass is 10.1.